The van der Waals surface area contributed by atoms with Gasteiger partial charge in [0.15, 0.2) is 4.34 Å². The van der Waals surface area contributed by atoms with Gasteiger partial charge in [0.05, 0.1) is 5.25 Å². The summed E-state index contributed by atoms with van der Waals surface area (Å²) in [6, 6.07) is 0. The van der Waals surface area contributed by atoms with Gasteiger partial charge in [-0.25, -0.2) is 0 Å². The molecule has 20 heavy (non-hydrogen) atoms. The predicted octanol–water partition coefficient (Wildman–Crippen LogP) is 2.86. The molecule has 0 aliphatic carbocycles. The third kappa shape index (κ3) is 6.56. The molecule has 0 bridgehead atoms. The highest BCUT2D eigenvalue weighted by molar-refractivity contribution is 8.02. The van der Waals surface area contributed by atoms with Crippen LogP contribution in [0.5, 0.6) is 0 Å². The molecule has 1 atom stereocenters. The molecule has 1 aromatic rings. The van der Waals surface area contributed by atoms with E-state index >= 15 is 0 Å². The van der Waals surface area contributed by atoms with E-state index in [-0.39, 0.29) is 11.2 Å². The maximum Gasteiger partial charge on any atom is 0.233 e. The molecule has 0 aliphatic heterocycles. The van der Waals surface area contributed by atoms with Gasteiger partial charge in [-0.3, -0.25) is 4.79 Å². The lowest BCUT2D eigenvalue weighted by Gasteiger charge is -2.11. The number of nitrogens with zero attached hydrogens (tertiary/aromatic N) is 2. The SMILES string of the molecule is CC(C)CNC(=O)C(C)Sc1nnc(NCC(C)C)s1. The average Bonchev–Trinajstić information content (AvgIpc) is 2.81. The Bertz CT molecular complexity index is 420. The van der Waals surface area contributed by atoms with Crippen LogP contribution in [0.4, 0.5) is 5.13 Å². The van der Waals surface area contributed by atoms with Gasteiger partial charge in [-0.15, -0.1) is 10.2 Å². The Morgan fingerprint density at radius 3 is 2.40 bits per heavy atom. The van der Waals surface area contributed by atoms with Crippen LogP contribution in [0, 0.1) is 11.8 Å². The highest BCUT2D eigenvalue weighted by Gasteiger charge is 2.17. The lowest BCUT2D eigenvalue weighted by molar-refractivity contribution is -0.120. The zero-order valence-electron chi connectivity index (χ0n) is 12.8. The summed E-state index contributed by atoms with van der Waals surface area (Å²) in [5.74, 6) is 1.08. The van der Waals surface area contributed by atoms with Crippen LogP contribution < -0.4 is 10.6 Å². The van der Waals surface area contributed by atoms with Gasteiger partial charge in [-0.1, -0.05) is 50.8 Å². The number of carbonyl (C=O) groups excluding carboxylic acids is 1. The maximum absolute atomic E-state index is 11.9. The van der Waals surface area contributed by atoms with Crippen molar-refractivity contribution in [3.63, 3.8) is 0 Å². The molecule has 5 nitrogen and oxygen atoms in total. The van der Waals surface area contributed by atoms with Gasteiger partial charge in [-0.2, -0.15) is 0 Å². The van der Waals surface area contributed by atoms with Crippen molar-refractivity contribution in [1.82, 2.24) is 15.5 Å². The highest BCUT2D eigenvalue weighted by atomic mass is 32.2. The molecule has 1 rings (SSSR count). The van der Waals surface area contributed by atoms with Crippen molar-refractivity contribution in [3.8, 4) is 0 Å². The van der Waals surface area contributed by atoms with E-state index in [0.717, 1.165) is 16.0 Å². The fraction of sp³-hybridized carbons (Fsp3) is 0.769. The van der Waals surface area contributed by atoms with Gasteiger partial charge >= 0.3 is 0 Å². The number of anilines is 1. The minimum Gasteiger partial charge on any atom is -0.360 e. The van der Waals surface area contributed by atoms with E-state index in [1.807, 2.05) is 6.92 Å². The zero-order valence-corrected chi connectivity index (χ0v) is 14.4. The quantitative estimate of drug-likeness (QED) is 0.722. The van der Waals surface area contributed by atoms with Gasteiger partial charge in [0, 0.05) is 13.1 Å². The van der Waals surface area contributed by atoms with E-state index in [1.165, 1.54) is 23.1 Å². The van der Waals surface area contributed by atoms with Gasteiger partial charge in [0.25, 0.3) is 0 Å². The van der Waals surface area contributed by atoms with Crippen molar-refractivity contribution < 1.29 is 4.79 Å². The molecular weight excluding hydrogens is 292 g/mol. The molecule has 1 amide bonds. The van der Waals surface area contributed by atoms with Crippen molar-refractivity contribution in [3.05, 3.63) is 0 Å². The standard InChI is InChI=1S/C13H24N4OS2/c1-8(2)6-14-11(18)10(5)19-13-17-16-12(20-13)15-7-9(3)4/h8-10H,6-7H2,1-5H3,(H,14,18)(H,15,16). The van der Waals surface area contributed by atoms with Crippen molar-refractivity contribution in [2.75, 3.05) is 18.4 Å². The van der Waals surface area contributed by atoms with Crippen molar-refractivity contribution in [2.45, 2.75) is 44.2 Å². The van der Waals surface area contributed by atoms with Crippen LogP contribution in [0.15, 0.2) is 4.34 Å². The van der Waals surface area contributed by atoms with Gasteiger partial charge in [0.2, 0.25) is 11.0 Å². The molecule has 1 unspecified atom stereocenters. The first-order chi connectivity index (χ1) is 9.38. The Labute approximate surface area is 129 Å². The number of aromatic nitrogens is 2. The summed E-state index contributed by atoms with van der Waals surface area (Å²) in [4.78, 5) is 11.9. The van der Waals surface area contributed by atoms with Gasteiger partial charge < -0.3 is 10.6 Å². The lowest BCUT2D eigenvalue weighted by Crippen LogP contribution is -2.33. The minimum atomic E-state index is -0.153. The molecule has 1 heterocycles. The normalized spacial score (nSPS) is 12.8. The molecule has 0 spiro atoms. The molecule has 0 aliphatic rings. The summed E-state index contributed by atoms with van der Waals surface area (Å²) in [6.07, 6.45) is 0. The summed E-state index contributed by atoms with van der Waals surface area (Å²) >= 11 is 2.95. The van der Waals surface area contributed by atoms with E-state index in [1.54, 1.807) is 0 Å². The van der Waals surface area contributed by atoms with Crippen LogP contribution in [0.1, 0.15) is 34.6 Å². The fourth-order valence-electron chi connectivity index (χ4n) is 1.27. The topological polar surface area (TPSA) is 66.9 Å². The first kappa shape index (κ1) is 17.2. The van der Waals surface area contributed by atoms with Crippen LogP contribution in [-0.2, 0) is 4.79 Å². The summed E-state index contributed by atoms with van der Waals surface area (Å²) in [7, 11) is 0. The first-order valence-corrected chi connectivity index (χ1v) is 8.59. The second-order valence-corrected chi connectivity index (χ2v) is 8.11. The summed E-state index contributed by atoms with van der Waals surface area (Å²) < 4.78 is 0.823. The van der Waals surface area contributed by atoms with E-state index < -0.39 is 0 Å². The second kappa shape index (κ2) is 8.46. The fourth-order valence-corrected chi connectivity index (χ4v) is 3.20. The summed E-state index contributed by atoms with van der Waals surface area (Å²) in [5, 5.41) is 15.0. The number of amides is 1. The van der Waals surface area contributed by atoms with Crippen molar-refractivity contribution in [2.24, 2.45) is 11.8 Å². The molecule has 0 fully saturated rings. The molecular formula is C13H24N4OS2. The minimum absolute atomic E-state index is 0.0515. The highest BCUT2D eigenvalue weighted by Crippen LogP contribution is 2.28. The van der Waals surface area contributed by atoms with Crippen molar-refractivity contribution in [1.29, 1.82) is 0 Å². The van der Waals surface area contributed by atoms with E-state index in [2.05, 4.69) is 48.5 Å². The van der Waals surface area contributed by atoms with E-state index in [4.69, 9.17) is 0 Å². The van der Waals surface area contributed by atoms with Gasteiger partial charge in [0.1, 0.15) is 0 Å². The Kier molecular flexibility index (Phi) is 7.29. The lowest BCUT2D eigenvalue weighted by atomic mass is 10.2. The van der Waals surface area contributed by atoms with Gasteiger partial charge in [-0.05, 0) is 18.8 Å². The van der Waals surface area contributed by atoms with E-state index in [0.29, 0.717) is 18.4 Å². The molecule has 0 saturated carbocycles. The van der Waals surface area contributed by atoms with Crippen LogP contribution in [-0.4, -0.2) is 34.4 Å². The molecule has 7 heteroatoms. The number of nitrogens with one attached hydrogen (secondary N) is 2. The Morgan fingerprint density at radius 2 is 1.80 bits per heavy atom. The number of thioether (sulfide) groups is 1. The van der Waals surface area contributed by atoms with Crippen LogP contribution in [0.25, 0.3) is 0 Å². The monoisotopic (exact) mass is 316 g/mol. The molecule has 0 saturated heterocycles. The van der Waals surface area contributed by atoms with Crippen molar-refractivity contribution >= 4 is 34.1 Å². The predicted molar refractivity (Wildman–Crippen MR) is 86.4 cm³/mol. The molecule has 0 radical (unpaired) electrons. The number of carbonyl (C=O) groups is 1. The number of rotatable bonds is 8. The molecule has 1 aromatic heterocycles. The molecule has 0 aromatic carbocycles. The number of hydrogen-bond acceptors (Lipinski definition) is 6. The average molecular weight is 316 g/mol. The molecule has 2 N–H and O–H groups in total. The molecule has 114 valence electrons. The third-order valence-electron chi connectivity index (χ3n) is 2.40. The zero-order chi connectivity index (χ0) is 15.1. The number of hydrogen-bond donors (Lipinski definition) is 2. The Balaban J connectivity index is 2.41. The third-order valence-corrected chi connectivity index (χ3v) is 4.46. The second-order valence-electron chi connectivity index (χ2n) is 5.55. The Morgan fingerprint density at radius 1 is 1.15 bits per heavy atom. The van der Waals surface area contributed by atoms with E-state index in [9.17, 15) is 4.79 Å². The smallest absolute Gasteiger partial charge is 0.233 e. The Hall–Kier alpha value is -0.820. The summed E-state index contributed by atoms with van der Waals surface area (Å²) in [5.41, 5.74) is 0. The largest absolute Gasteiger partial charge is 0.360 e. The summed E-state index contributed by atoms with van der Waals surface area (Å²) in [6.45, 7) is 11.9. The van der Waals surface area contributed by atoms with Crippen LogP contribution >= 0.6 is 23.1 Å². The van der Waals surface area contributed by atoms with Crippen LogP contribution in [0.2, 0.25) is 0 Å². The first-order valence-electron chi connectivity index (χ1n) is 6.90. The van der Waals surface area contributed by atoms with Crippen LogP contribution in [0.3, 0.4) is 0 Å². The maximum atomic E-state index is 11.9.